The smallest absolute Gasteiger partial charge is 0.119 e. The normalized spacial score (nSPS) is 30.3. The molecule has 0 amide bonds. The van der Waals surface area contributed by atoms with Gasteiger partial charge < -0.3 is 10.0 Å². The first-order valence-electron chi connectivity index (χ1n) is 7.85. The Morgan fingerprint density at radius 3 is 2.57 bits per heavy atom. The number of aliphatic hydroxyl groups is 1. The Labute approximate surface area is 126 Å². The molecule has 0 unspecified atom stereocenters. The predicted octanol–water partition coefficient (Wildman–Crippen LogP) is 2.13. The van der Waals surface area contributed by atoms with Crippen LogP contribution >= 0.6 is 0 Å². The molecule has 0 aromatic heterocycles. The van der Waals surface area contributed by atoms with Crippen molar-refractivity contribution in [1.29, 1.82) is 0 Å². The summed E-state index contributed by atoms with van der Waals surface area (Å²) < 4.78 is 0. The van der Waals surface area contributed by atoms with E-state index in [0.29, 0.717) is 13.1 Å². The van der Waals surface area contributed by atoms with Crippen molar-refractivity contribution in [3.63, 3.8) is 0 Å². The highest BCUT2D eigenvalue weighted by Crippen LogP contribution is 2.37. The molecule has 0 aliphatic carbocycles. The quantitative estimate of drug-likeness (QED) is 0.863. The highest BCUT2D eigenvalue weighted by Gasteiger charge is 2.49. The van der Waals surface area contributed by atoms with Gasteiger partial charge in [0, 0.05) is 12.5 Å². The van der Waals surface area contributed by atoms with E-state index in [4.69, 9.17) is 6.57 Å². The molecule has 2 fully saturated rings. The Balaban J connectivity index is 1.80. The second-order valence-corrected chi connectivity index (χ2v) is 6.30. The number of β-amino-alcohol motifs (C(OH)–C–C–N with tert-alkyl or cyclic N) is 1. The summed E-state index contributed by atoms with van der Waals surface area (Å²) >= 11 is 0. The van der Waals surface area contributed by atoms with Gasteiger partial charge in [-0.2, -0.15) is 11.5 Å². The second-order valence-electron chi connectivity index (χ2n) is 6.30. The van der Waals surface area contributed by atoms with E-state index in [1.807, 2.05) is 30.3 Å². The number of hydrogen-bond donors (Lipinski definition) is 1. The van der Waals surface area contributed by atoms with Gasteiger partial charge in [-0.3, -0.25) is 0 Å². The first-order valence-corrected chi connectivity index (χ1v) is 7.85. The van der Waals surface area contributed by atoms with E-state index >= 15 is 0 Å². The van der Waals surface area contributed by atoms with Crippen LogP contribution in [0.3, 0.4) is 0 Å². The number of benzene rings is 1. The van der Waals surface area contributed by atoms with Crippen LogP contribution in [0.4, 0.5) is 0 Å². The molecular weight excluding hydrogens is 262 g/mol. The summed E-state index contributed by atoms with van der Waals surface area (Å²) in [5.74, 6) is 0.104. The molecule has 0 radical (unpaired) electrons. The monoisotopic (exact) mass is 285 g/mol. The molecule has 21 heavy (non-hydrogen) atoms. The summed E-state index contributed by atoms with van der Waals surface area (Å²) in [6.07, 6.45) is 3.82. The van der Waals surface area contributed by atoms with E-state index in [1.54, 1.807) is 5.01 Å². The van der Waals surface area contributed by atoms with Crippen LogP contribution in [0.1, 0.15) is 24.8 Å². The van der Waals surface area contributed by atoms with Crippen molar-refractivity contribution in [3.05, 3.63) is 47.4 Å². The standard InChI is InChI=1S/C17H23N3O/c1-18-20-13-16(12-19-10-6-3-7-11-19)17(21,14-20)15-8-4-2-5-9-15/h2,4-5,8-9,16,21H,3,6-7,10-14H2/t16-,17-/m0/s1. The van der Waals surface area contributed by atoms with Crippen LogP contribution in [0.25, 0.3) is 4.95 Å². The molecule has 1 aromatic carbocycles. The van der Waals surface area contributed by atoms with Gasteiger partial charge >= 0.3 is 0 Å². The molecule has 3 rings (SSSR count). The molecule has 2 saturated heterocycles. The summed E-state index contributed by atoms with van der Waals surface area (Å²) in [6, 6.07) is 9.86. The predicted molar refractivity (Wildman–Crippen MR) is 82.3 cm³/mol. The lowest BCUT2D eigenvalue weighted by atomic mass is 9.83. The molecule has 2 atom stereocenters. The topological polar surface area (TPSA) is 31.1 Å². The van der Waals surface area contributed by atoms with E-state index in [1.165, 1.54) is 19.3 Å². The molecule has 112 valence electrons. The highest BCUT2D eigenvalue weighted by atomic mass is 16.3. The molecule has 2 heterocycles. The van der Waals surface area contributed by atoms with E-state index in [2.05, 4.69) is 9.85 Å². The van der Waals surface area contributed by atoms with E-state index < -0.39 is 5.60 Å². The lowest BCUT2D eigenvalue weighted by Gasteiger charge is -2.34. The molecule has 0 saturated carbocycles. The van der Waals surface area contributed by atoms with Gasteiger partial charge in [0.25, 0.3) is 0 Å². The molecule has 0 spiro atoms. The van der Waals surface area contributed by atoms with Gasteiger partial charge in [-0.1, -0.05) is 36.8 Å². The zero-order valence-electron chi connectivity index (χ0n) is 12.4. The summed E-state index contributed by atoms with van der Waals surface area (Å²) in [4.78, 5) is 6.01. The Morgan fingerprint density at radius 2 is 1.90 bits per heavy atom. The minimum atomic E-state index is -0.900. The van der Waals surface area contributed by atoms with Crippen molar-refractivity contribution in [3.8, 4) is 0 Å². The molecule has 4 nitrogen and oxygen atoms in total. The van der Waals surface area contributed by atoms with Gasteiger partial charge in [0.1, 0.15) is 12.1 Å². The van der Waals surface area contributed by atoms with Crippen molar-refractivity contribution in [2.75, 3.05) is 32.7 Å². The molecule has 2 aliphatic heterocycles. The number of rotatable bonds is 3. The summed E-state index contributed by atoms with van der Waals surface area (Å²) in [5, 5.41) is 12.9. The van der Waals surface area contributed by atoms with Crippen molar-refractivity contribution < 1.29 is 5.11 Å². The summed E-state index contributed by atoms with van der Waals surface area (Å²) in [7, 11) is 0. The fourth-order valence-corrected chi connectivity index (χ4v) is 3.67. The molecule has 2 aliphatic rings. The summed E-state index contributed by atoms with van der Waals surface area (Å²) in [5.41, 5.74) is 0.0432. The SMILES string of the molecule is [C-]#[N+]N1C[C@H](CN2CCCCC2)[C@@](O)(c2ccccc2)C1. The third kappa shape index (κ3) is 2.90. The highest BCUT2D eigenvalue weighted by molar-refractivity contribution is 5.26. The lowest BCUT2D eigenvalue weighted by Crippen LogP contribution is -2.43. The second kappa shape index (κ2) is 6.05. The number of hydrogen-bond acceptors (Lipinski definition) is 3. The maximum absolute atomic E-state index is 11.2. The molecule has 4 heteroatoms. The van der Waals surface area contributed by atoms with Gasteiger partial charge in [-0.25, -0.2) is 0 Å². The van der Waals surface area contributed by atoms with Crippen LogP contribution in [0.15, 0.2) is 30.3 Å². The minimum Gasteiger partial charge on any atom is -0.383 e. The zero-order chi connectivity index (χ0) is 14.7. The maximum Gasteiger partial charge on any atom is 0.119 e. The van der Waals surface area contributed by atoms with Crippen LogP contribution in [0, 0.1) is 12.5 Å². The van der Waals surface area contributed by atoms with Gasteiger partial charge in [0.15, 0.2) is 0 Å². The third-order valence-corrected chi connectivity index (χ3v) is 4.87. The van der Waals surface area contributed by atoms with E-state index in [0.717, 1.165) is 25.2 Å². The van der Waals surface area contributed by atoms with E-state index in [-0.39, 0.29) is 5.92 Å². The Kier molecular flexibility index (Phi) is 4.14. The van der Waals surface area contributed by atoms with Crippen LogP contribution in [-0.2, 0) is 5.60 Å². The first kappa shape index (κ1) is 14.4. The largest absolute Gasteiger partial charge is 0.383 e. The fraction of sp³-hybridized carbons (Fsp3) is 0.588. The van der Waals surface area contributed by atoms with Gasteiger partial charge in [0.05, 0.1) is 6.54 Å². The van der Waals surface area contributed by atoms with Crippen LogP contribution < -0.4 is 0 Å². The Hall–Kier alpha value is -1.57. The van der Waals surface area contributed by atoms with Crippen molar-refractivity contribution in [1.82, 2.24) is 9.91 Å². The average molecular weight is 285 g/mol. The van der Waals surface area contributed by atoms with E-state index in [9.17, 15) is 5.11 Å². The number of likely N-dealkylation sites (tertiary alicyclic amines) is 1. The molecule has 1 N–H and O–H groups in total. The van der Waals surface area contributed by atoms with Crippen LogP contribution in [0.2, 0.25) is 0 Å². The van der Waals surface area contributed by atoms with Crippen molar-refractivity contribution in [2.45, 2.75) is 24.9 Å². The molecule has 1 aromatic rings. The van der Waals surface area contributed by atoms with Crippen LogP contribution in [0.5, 0.6) is 0 Å². The Morgan fingerprint density at radius 1 is 1.19 bits per heavy atom. The fourth-order valence-electron chi connectivity index (χ4n) is 3.67. The molecule has 0 bridgehead atoms. The average Bonchev–Trinajstić information content (AvgIpc) is 2.87. The van der Waals surface area contributed by atoms with Crippen molar-refractivity contribution in [2.24, 2.45) is 5.92 Å². The van der Waals surface area contributed by atoms with Gasteiger partial charge in [-0.15, -0.1) is 5.01 Å². The number of nitrogens with zero attached hydrogens (tertiary/aromatic N) is 3. The zero-order valence-corrected chi connectivity index (χ0v) is 12.4. The maximum atomic E-state index is 11.2. The summed E-state index contributed by atoms with van der Waals surface area (Å²) in [6.45, 7) is 11.5. The van der Waals surface area contributed by atoms with Crippen LogP contribution in [-0.4, -0.2) is 47.7 Å². The minimum absolute atomic E-state index is 0.104. The van der Waals surface area contributed by atoms with Crippen molar-refractivity contribution >= 4 is 0 Å². The number of piperidine rings is 1. The Bertz CT molecular complexity index is 507. The molecular formula is C17H23N3O. The third-order valence-electron chi connectivity index (χ3n) is 4.87. The lowest BCUT2D eigenvalue weighted by molar-refractivity contribution is -0.00590. The van der Waals surface area contributed by atoms with Gasteiger partial charge in [0.2, 0.25) is 0 Å². The van der Waals surface area contributed by atoms with Gasteiger partial charge in [-0.05, 0) is 31.5 Å². The first-order chi connectivity index (χ1) is 10.2.